The molecular weight excluding hydrogens is 331 g/mol. The minimum Gasteiger partial charge on any atom is -0.354 e. The number of alkyl halides is 3. The molecule has 1 saturated heterocycles. The number of carbonyl (C=O) groups is 2. The Bertz CT molecular complexity index is 534. The number of thiophene rings is 1. The van der Waals surface area contributed by atoms with Gasteiger partial charge in [0.1, 0.15) is 0 Å². The Hall–Kier alpha value is -1.61. The first-order valence-corrected chi connectivity index (χ1v) is 8.14. The molecule has 0 radical (unpaired) electrons. The molecule has 0 spiro atoms. The summed E-state index contributed by atoms with van der Waals surface area (Å²) in [6.45, 7) is -0.0285. The van der Waals surface area contributed by atoms with Crippen molar-refractivity contribution >= 4 is 23.2 Å². The SMILES string of the molecule is O=C(CNC(=O)c1ccsc1)NC[C@@H]1CCN(CC(F)(F)F)C1. The fourth-order valence-corrected chi connectivity index (χ4v) is 3.09. The number of amides is 2. The Morgan fingerprint density at radius 3 is 2.78 bits per heavy atom. The van der Waals surface area contributed by atoms with Gasteiger partial charge in [-0.05, 0) is 30.3 Å². The highest BCUT2D eigenvalue weighted by Gasteiger charge is 2.34. The van der Waals surface area contributed by atoms with Gasteiger partial charge in [0, 0.05) is 24.0 Å². The van der Waals surface area contributed by atoms with Crippen LogP contribution in [-0.2, 0) is 4.79 Å². The Balaban J connectivity index is 1.62. The smallest absolute Gasteiger partial charge is 0.354 e. The molecule has 128 valence electrons. The lowest BCUT2D eigenvalue weighted by molar-refractivity contribution is -0.143. The van der Waals surface area contributed by atoms with Gasteiger partial charge in [0.25, 0.3) is 5.91 Å². The molecule has 0 unspecified atom stereocenters. The molecule has 23 heavy (non-hydrogen) atoms. The van der Waals surface area contributed by atoms with Gasteiger partial charge in [0.2, 0.25) is 5.91 Å². The van der Waals surface area contributed by atoms with E-state index in [-0.39, 0.29) is 24.3 Å². The van der Waals surface area contributed by atoms with E-state index in [2.05, 4.69) is 10.6 Å². The summed E-state index contributed by atoms with van der Waals surface area (Å²) in [5.74, 6) is -0.657. The van der Waals surface area contributed by atoms with Gasteiger partial charge in [0.05, 0.1) is 13.1 Å². The average Bonchev–Trinajstić information content (AvgIpc) is 3.12. The number of halogens is 3. The predicted molar refractivity (Wildman–Crippen MR) is 80.3 cm³/mol. The summed E-state index contributed by atoms with van der Waals surface area (Å²) >= 11 is 1.39. The quantitative estimate of drug-likeness (QED) is 0.818. The largest absolute Gasteiger partial charge is 0.401 e. The minimum absolute atomic E-state index is 0.00822. The molecule has 1 aromatic rings. The zero-order valence-corrected chi connectivity index (χ0v) is 13.2. The molecule has 0 aromatic carbocycles. The van der Waals surface area contributed by atoms with Crippen molar-refractivity contribution in [2.45, 2.75) is 12.6 Å². The molecule has 0 aliphatic carbocycles. The van der Waals surface area contributed by atoms with Crippen molar-refractivity contribution in [3.05, 3.63) is 22.4 Å². The molecule has 1 atom stereocenters. The number of hydrogen-bond donors (Lipinski definition) is 2. The van der Waals surface area contributed by atoms with Crippen molar-refractivity contribution < 1.29 is 22.8 Å². The Labute approximate surface area is 135 Å². The van der Waals surface area contributed by atoms with Crippen molar-refractivity contribution in [3.63, 3.8) is 0 Å². The van der Waals surface area contributed by atoms with E-state index in [4.69, 9.17) is 0 Å². The average molecular weight is 349 g/mol. The molecule has 1 fully saturated rings. The van der Waals surface area contributed by atoms with Gasteiger partial charge < -0.3 is 10.6 Å². The Morgan fingerprint density at radius 1 is 1.35 bits per heavy atom. The van der Waals surface area contributed by atoms with Crippen molar-refractivity contribution in [2.75, 3.05) is 32.7 Å². The summed E-state index contributed by atoms with van der Waals surface area (Å²) in [6, 6.07) is 1.66. The number of nitrogens with zero attached hydrogens (tertiary/aromatic N) is 1. The first-order chi connectivity index (χ1) is 10.8. The standard InChI is InChI=1S/C14H18F3N3O2S/c15-14(16,17)9-20-3-1-10(7-20)5-18-12(21)6-19-13(22)11-2-4-23-8-11/h2,4,8,10H,1,3,5-7,9H2,(H,18,21)(H,19,22)/t10-/m0/s1. The number of carbonyl (C=O) groups excluding carboxylic acids is 2. The van der Waals surface area contributed by atoms with Gasteiger partial charge in [-0.3, -0.25) is 14.5 Å². The third kappa shape index (κ3) is 6.19. The second-order valence-corrected chi connectivity index (χ2v) is 6.28. The predicted octanol–water partition coefficient (Wildman–Crippen LogP) is 1.48. The van der Waals surface area contributed by atoms with Gasteiger partial charge in [0.15, 0.2) is 0 Å². The van der Waals surface area contributed by atoms with E-state index in [1.165, 1.54) is 16.2 Å². The van der Waals surface area contributed by atoms with Crippen molar-refractivity contribution in [2.24, 2.45) is 5.92 Å². The van der Waals surface area contributed by atoms with Crippen LogP contribution in [0.25, 0.3) is 0 Å². The maximum absolute atomic E-state index is 12.3. The van der Waals surface area contributed by atoms with Crippen LogP contribution in [0.2, 0.25) is 0 Å². The minimum atomic E-state index is -4.19. The first-order valence-electron chi connectivity index (χ1n) is 7.19. The number of likely N-dealkylation sites (tertiary alicyclic amines) is 1. The number of rotatable bonds is 6. The topological polar surface area (TPSA) is 61.4 Å². The third-order valence-corrected chi connectivity index (χ3v) is 4.24. The van der Waals surface area contributed by atoms with Gasteiger partial charge in [-0.25, -0.2) is 0 Å². The van der Waals surface area contributed by atoms with E-state index >= 15 is 0 Å². The van der Waals surface area contributed by atoms with E-state index in [1.54, 1.807) is 16.8 Å². The highest BCUT2D eigenvalue weighted by Crippen LogP contribution is 2.22. The van der Waals surface area contributed by atoms with Crippen LogP contribution in [-0.4, -0.2) is 55.6 Å². The van der Waals surface area contributed by atoms with Crippen LogP contribution in [0.4, 0.5) is 13.2 Å². The summed E-state index contributed by atoms with van der Waals surface area (Å²) in [5, 5.41) is 8.59. The van der Waals surface area contributed by atoms with Crippen LogP contribution in [0, 0.1) is 5.92 Å². The van der Waals surface area contributed by atoms with Crippen LogP contribution in [0.3, 0.4) is 0 Å². The third-order valence-electron chi connectivity index (χ3n) is 3.55. The van der Waals surface area contributed by atoms with Gasteiger partial charge in [-0.15, -0.1) is 0 Å². The molecule has 9 heteroatoms. The molecule has 1 aliphatic rings. The lowest BCUT2D eigenvalue weighted by Crippen LogP contribution is -2.39. The van der Waals surface area contributed by atoms with Crippen molar-refractivity contribution in [3.8, 4) is 0 Å². The molecule has 2 heterocycles. The van der Waals surface area contributed by atoms with E-state index in [9.17, 15) is 22.8 Å². The normalized spacial score (nSPS) is 18.8. The highest BCUT2D eigenvalue weighted by molar-refractivity contribution is 7.08. The van der Waals surface area contributed by atoms with Gasteiger partial charge >= 0.3 is 6.18 Å². The summed E-state index contributed by atoms with van der Waals surface area (Å²) in [6.07, 6.45) is -3.57. The summed E-state index contributed by atoms with van der Waals surface area (Å²) < 4.78 is 36.9. The number of nitrogens with one attached hydrogen (secondary N) is 2. The zero-order chi connectivity index (χ0) is 16.9. The van der Waals surface area contributed by atoms with E-state index in [0.717, 1.165) is 0 Å². The second-order valence-electron chi connectivity index (χ2n) is 5.50. The zero-order valence-electron chi connectivity index (χ0n) is 12.4. The molecule has 5 nitrogen and oxygen atoms in total. The highest BCUT2D eigenvalue weighted by atomic mass is 32.1. The van der Waals surface area contributed by atoms with Crippen LogP contribution in [0.15, 0.2) is 16.8 Å². The van der Waals surface area contributed by atoms with Crippen LogP contribution >= 0.6 is 11.3 Å². The second kappa shape index (κ2) is 7.78. The van der Waals surface area contributed by atoms with Crippen LogP contribution in [0.1, 0.15) is 16.8 Å². The molecule has 1 aromatic heterocycles. The van der Waals surface area contributed by atoms with Crippen LogP contribution < -0.4 is 10.6 Å². The van der Waals surface area contributed by atoms with Crippen molar-refractivity contribution in [1.29, 1.82) is 0 Å². The molecule has 2 N–H and O–H groups in total. The lowest BCUT2D eigenvalue weighted by Gasteiger charge is -2.18. The monoisotopic (exact) mass is 349 g/mol. The van der Waals surface area contributed by atoms with Crippen molar-refractivity contribution in [1.82, 2.24) is 15.5 Å². The van der Waals surface area contributed by atoms with Gasteiger partial charge in [-0.2, -0.15) is 24.5 Å². The van der Waals surface area contributed by atoms with E-state index in [1.807, 2.05) is 0 Å². The summed E-state index contributed by atoms with van der Waals surface area (Å²) in [7, 11) is 0. The molecule has 0 saturated carbocycles. The summed E-state index contributed by atoms with van der Waals surface area (Å²) in [4.78, 5) is 24.7. The fourth-order valence-electron chi connectivity index (χ4n) is 2.45. The molecule has 2 rings (SSSR count). The maximum atomic E-state index is 12.3. The fraction of sp³-hybridized carbons (Fsp3) is 0.571. The molecular formula is C14H18F3N3O2S. The number of hydrogen-bond acceptors (Lipinski definition) is 4. The maximum Gasteiger partial charge on any atom is 0.401 e. The van der Waals surface area contributed by atoms with E-state index in [0.29, 0.717) is 31.6 Å². The first kappa shape index (κ1) is 17.7. The molecule has 0 bridgehead atoms. The van der Waals surface area contributed by atoms with Gasteiger partial charge in [-0.1, -0.05) is 0 Å². The van der Waals surface area contributed by atoms with E-state index < -0.39 is 12.7 Å². The molecule has 1 aliphatic heterocycles. The Morgan fingerprint density at radius 2 is 2.13 bits per heavy atom. The summed E-state index contributed by atoms with van der Waals surface area (Å²) in [5.41, 5.74) is 0.501. The Kier molecular flexibility index (Phi) is 6.00. The van der Waals surface area contributed by atoms with Crippen LogP contribution in [0.5, 0.6) is 0 Å². The lowest BCUT2D eigenvalue weighted by atomic mass is 10.1. The molecule has 2 amide bonds.